The van der Waals surface area contributed by atoms with E-state index in [0.29, 0.717) is 60.6 Å². The smallest absolute Gasteiger partial charge is 0.442 e. The number of nitrogens with two attached hydrogens (primary N) is 6. The van der Waals surface area contributed by atoms with Crippen LogP contribution in [0, 0.1) is 10.8 Å². The molecule has 89 heavy (non-hydrogen) atoms. The second kappa shape index (κ2) is 26.8. The topological polar surface area (TPSA) is 497 Å². The number of imidazole rings is 2. The van der Waals surface area contributed by atoms with Crippen LogP contribution in [-0.4, -0.2) is 155 Å². The molecule has 6 heterocycles. The summed E-state index contributed by atoms with van der Waals surface area (Å²) in [6.45, 7) is 6.43. The first-order valence-corrected chi connectivity index (χ1v) is 30.1. The van der Waals surface area contributed by atoms with Crippen LogP contribution in [-0.2, 0) is 84.6 Å². The van der Waals surface area contributed by atoms with Gasteiger partial charge in [-0.2, -0.15) is 18.5 Å². The van der Waals surface area contributed by atoms with Gasteiger partial charge in [0.25, 0.3) is 35.4 Å². The molecule has 0 unspecified atom stereocenters. The minimum atomic E-state index is -5.35. The zero-order chi connectivity index (χ0) is 64.9. The zero-order valence-corrected chi connectivity index (χ0v) is 51.2. The van der Waals surface area contributed by atoms with Crippen LogP contribution in [0.4, 0.5) is 10.3 Å². The number of oxime groups is 2. The monoisotopic (exact) mass is 1290 g/mol. The average Bonchev–Trinajstić information content (AvgIpc) is 1.53. The van der Waals surface area contributed by atoms with E-state index in [-0.39, 0.29) is 32.9 Å². The number of benzene rings is 2. The minimum absolute atomic E-state index is 0.00469. The summed E-state index contributed by atoms with van der Waals surface area (Å²) in [7, 11) is -1.83. The molecule has 476 valence electrons. The normalized spacial score (nSPS) is 17.1. The lowest BCUT2D eigenvalue weighted by Gasteiger charge is -2.52. The first-order valence-electron chi connectivity index (χ1n) is 27.0. The van der Waals surface area contributed by atoms with Crippen LogP contribution in [0.1, 0.15) is 51.9 Å². The fourth-order valence-electron chi connectivity index (χ4n) is 9.00. The molecule has 2 saturated heterocycles. The number of nitrogens with one attached hydrogen (secondary N) is 4. The highest BCUT2D eigenvalue weighted by atomic mass is 32.3. The van der Waals surface area contributed by atoms with Gasteiger partial charge in [-0.25, -0.2) is 9.97 Å². The fourth-order valence-corrected chi connectivity index (χ4v) is 11.0. The molecular formula is C52H66N20O14S3. The molecule has 0 aliphatic carbocycles. The largest absolute Gasteiger partial charge is 0.489 e. The quantitative estimate of drug-likeness (QED) is 0.0137. The Balaban J connectivity index is 0.866. The van der Waals surface area contributed by atoms with E-state index in [2.05, 4.69) is 30.9 Å². The molecule has 8 rings (SSSR count). The van der Waals surface area contributed by atoms with Crippen molar-refractivity contribution in [2.45, 2.75) is 89.0 Å². The van der Waals surface area contributed by atoms with Crippen LogP contribution in [0.5, 0.6) is 11.5 Å². The molecule has 2 aliphatic heterocycles. The first kappa shape index (κ1) is 65.4. The van der Waals surface area contributed by atoms with Crippen molar-refractivity contribution < 1.29 is 64.9 Å². The van der Waals surface area contributed by atoms with E-state index in [1.807, 2.05) is 12.4 Å². The third-order valence-corrected chi connectivity index (χ3v) is 16.2. The van der Waals surface area contributed by atoms with Gasteiger partial charge < -0.3 is 82.5 Å². The number of amides is 6. The van der Waals surface area contributed by atoms with Gasteiger partial charge in [-0.05, 0) is 113 Å². The van der Waals surface area contributed by atoms with E-state index in [4.69, 9.17) is 72.9 Å². The molecule has 6 aromatic rings. The maximum absolute atomic E-state index is 13.9. The Labute approximate surface area is 515 Å². The summed E-state index contributed by atoms with van der Waals surface area (Å²) in [5.74, 6) is -5.88. The number of nitrogen functional groups attached to an aromatic ring is 2. The Kier molecular flexibility index (Phi) is 19.7. The number of hydroxylamine groups is 4. The molecule has 34 nitrogen and oxygen atoms in total. The summed E-state index contributed by atoms with van der Waals surface area (Å²) in [4.78, 5) is 99.2. The standard InChI is InChI=1S/C52H66N20O14S3/c1-51(2)39(63-43(75)37(31-25-87-47(57)61-31)65-83-35(41(55)73)23-81-29-13-9-27(10-14-29)33-21-69(19-7-17-53)49(59)67(33)5)45(77)71(51)85-89(79,80)86-72-46(78)40(52(72,3)4)64-44(76)38(32-26-88-48(58)62-32)66-84-36(42(56)74)24-82-30-15-11-28(12-16-30)34-22-70(20-8-18-54)50(60)68(34)6/h9-16,21-22,25-26,35-36,39-40,59-60H,7-8,17-20,23-24,53-54H2,1-6H3,(H2,55,73)(H2,56,74)(H2,57,61)(H2,58,62)(H,63,75)(H,64,76)/b59-49?,60-50?,65-37-,66-38-/t35-,36-,39+,40+/m0/s1. The molecule has 0 radical (unpaired) electrons. The molecule has 0 bridgehead atoms. The molecule has 2 aliphatic rings. The Hall–Kier alpha value is -9.53. The molecule has 37 heteroatoms. The van der Waals surface area contributed by atoms with Crippen molar-refractivity contribution in [1.82, 2.24) is 49.0 Å². The van der Waals surface area contributed by atoms with E-state index in [1.165, 1.54) is 38.5 Å². The van der Waals surface area contributed by atoms with Crippen LogP contribution >= 0.6 is 22.7 Å². The number of anilines is 2. The van der Waals surface area contributed by atoms with Gasteiger partial charge in [0.05, 0.1) is 22.5 Å². The van der Waals surface area contributed by atoms with Crippen LogP contribution in [0.2, 0.25) is 0 Å². The number of ether oxygens (including phenoxy) is 2. The second-order valence-corrected chi connectivity index (χ2v) is 24.0. The van der Waals surface area contributed by atoms with Crippen molar-refractivity contribution in [2.24, 2.45) is 47.3 Å². The van der Waals surface area contributed by atoms with Crippen molar-refractivity contribution in [3.05, 3.63) is 94.3 Å². The van der Waals surface area contributed by atoms with E-state index < -0.39 is 106 Å². The van der Waals surface area contributed by atoms with Gasteiger partial charge in [-0.15, -0.1) is 31.2 Å². The van der Waals surface area contributed by atoms with Gasteiger partial charge in [0.15, 0.2) is 21.7 Å². The number of carbonyl (C=O) groups is 6. The van der Waals surface area contributed by atoms with E-state index >= 15 is 0 Å². The maximum atomic E-state index is 13.9. The van der Waals surface area contributed by atoms with Crippen molar-refractivity contribution in [3.63, 3.8) is 0 Å². The van der Waals surface area contributed by atoms with Crippen molar-refractivity contribution in [1.29, 1.82) is 10.8 Å². The van der Waals surface area contributed by atoms with E-state index in [0.717, 1.165) is 45.2 Å². The number of nitrogens with zero attached hydrogens (tertiary/aromatic N) is 10. The number of primary amides is 2. The van der Waals surface area contributed by atoms with Gasteiger partial charge in [-0.1, -0.05) is 10.3 Å². The lowest BCUT2D eigenvalue weighted by Crippen LogP contribution is -2.78. The number of hydrogen-bond acceptors (Lipinski definition) is 26. The fraction of sp³-hybridized carbons (Fsp3) is 0.385. The molecule has 0 saturated carbocycles. The van der Waals surface area contributed by atoms with Gasteiger partial charge in [0.2, 0.25) is 23.4 Å². The summed E-state index contributed by atoms with van der Waals surface area (Å²) in [6, 6.07) is 10.5. The Bertz CT molecular complexity index is 3710. The molecule has 2 aromatic carbocycles. The molecule has 2 fully saturated rings. The number of thiazole rings is 2. The van der Waals surface area contributed by atoms with Crippen molar-refractivity contribution in [3.8, 4) is 34.0 Å². The minimum Gasteiger partial charge on any atom is -0.489 e. The summed E-state index contributed by atoms with van der Waals surface area (Å²) in [5, 5.41) is 32.9. The Morgan fingerprint density at radius 1 is 0.652 bits per heavy atom. The SMILES string of the molecule is Cn1c(-c2ccc(OC[C@H](O/N=C(\C(=O)N[C@@H]3C(=O)N(OS(=O)(=O)ON4C(=O)[C@@H](NC(=O)/C(=N\O[C@@H](COc5ccc(-c6cn(CCCN)c(=N)n6C)cc5)C(N)=O)c5csc(N)n5)C4(C)C)C3(C)C)c3csc(N)n3)C(N)=O)cc2)cn(CCCN)c1=N. The lowest BCUT2D eigenvalue weighted by atomic mass is 9.84. The van der Waals surface area contributed by atoms with Crippen LogP contribution in [0.3, 0.4) is 0 Å². The van der Waals surface area contributed by atoms with Crippen LogP contribution in [0.15, 0.2) is 82.0 Å². The number of β-lactam (4-membered cyclic amide) rings is 2. The number of carbonyl (C=O) groups excluding carboxylic acids is 6. The van der Waals surface area contributed by atoms with Gasteiger partial charge >= 0.3 is 10.4 Å². The third-order valence-electron chi connectivity index (χ3n) is 14.1. The summed E-state index contributed by atoms with van der Waals surface area (Å²) in [6.07, 6.45) is 1.90. The van der Waals surface area contributed by atoms with Gasteiger partial charge in [-0.3, -0.25) is 39.6 Å². The zero-order valence-electron chi connectivity index (χ0n) is 48.8. The lowest BCUT2D eigenvalue weighted by molar-refractivity contribution is -0.239. The Morgan fingerprint density at radius 2 is 1.01 bits per heavy atom. The number of rotatable bonds is 30. The number of aromatic nitrogens is 6. The highest BCUT2D eigenvalue weighted by molar-refractivity contribution is 7.81. The first-order chi connectivity index (χ1) is 42.1. The number of aryl methyl sites for hydroxylation is 2. The predicted octanol–water partition coefficient (Wildman–Crippen LogP) is -1.64. The van der Waals surface area contributed by atoms with Crippen molar-refractivity contribution >= 4 is 90.2 Å². The highest BCUT2D eigenvalue weighted by Crippen LogP contribution is 2.37. The summed E-state index contributed by atoms with van der Waals surface area (Å²) < 4.78 is 55.6. The predicted molar refractivity (Wildman–Crippen MR) is 319 cm³/mol. The highest BCUT2D eigenvalue weighted by Gasteiger charge is 2.61. The average molecular weight is 1290 g/mol. The van der Waals surface area contributed by atoms with Crippen LogP contribution < -0.4 is 65.7 Å². The molecular weight excluding hydrogens is 1220 g/mol. The maximum Gasteiger partial charge on any atom is 0.442 e. The molecule has 4 atom stereocenters. The summed E-state index contributed by atoms with van der Waals surface area (Å²) >= 11 is 1.84. The van der Waals surface area contributed by atoms with Crippen LogP contribution in [0.25, 0.3) is 22.5 Å². The van der Waals surface area contributed by atoms with Crippen molar-refractivity contribution in [2.75, 3.05) is 37.8 Å². The number of hydrogen-bond donors (Lipinski definition) is 10. The van der Waals surface area contributed by atoms with E-state index in [1.54, 1.807) is 80.9 Å². The molecule has 4 aromatic heterocycles. The van der Waals surface area contributed by atoms with E-state index in [9.17, 15) is 37.2 Å². The molecule has 16 N–H and O–H groups in total. The second-order valence-electron chi connectivity index (χ2n) is 21.1. The summed E-state index contributed by atoms with van der Waals surface area (Å²) in [5.41, 5.74) is 33.1. The Morgan fingerprint density at radius 3 is 1.31 bits per heavy atom. The molecule has 0 spiro atoms. The third kappa shape index (κ3) is 14.4. The van der Waals surface area contributed by atoms with Gasteiger partial charge in [0, 0.05) is 50.3 Å². The van der Waals surface area contributed by atoms with Gasteiger partial charge in [0.1, 0.15) is 48.2 Å². The molecule has 6 amide bonds.